The fourth-order valence-corrected chi connectivity index (χ4v) is 5.35. The van der Waals surface area contributed by atoms with Gasteiger partial charge in [-0.1, -0.05) is 12.1 Å². The summed E-state index contributed by atoms with van der Waals surface area (Å²) in [6, 6.07) is 13.6. The lowest BCUT2D eigenvalue weighted by molar-refractivity contribution is -0.274. The minimum atomic E-state index is -4.82. The molecule has 1 aromatic heterocycles. The number of rotatable bonds is 9. The Morgan fingerprint density at radius 1 is 1.00 bits per heavy atom. The van der Waals surface area contributed by atoms with Crippen LogP contribution >= 0.6 is 0 Å². The second-order valence-corrected chi connectivity index (χ2v) is 10.0. The van der Waals surface area contributed by atoms with E-state index in [4.69, 9.17) is 0 Å². The van der Waals surface area contributed by atoms with Crippen LogP contribution in [0, 0.1) is 6.92 Å². The van der Waals surface area contributed by atoms with E-state index >= 15 is 0 Å². The van der Waals surface area contributed by atoms with Crippen molar-refractivity contribution < 1.29 is 39.8 Å². The first-order valence-electron chi connectivity index (χ1n) is 11.1. The zero-order valence-electron chi connectivity index (χ0n) is 20.0. The Balaban J connectivity index is 1.74. The highest BCUT2D eigenvalue weighted by molar-refractivity contribution is 7.90. The van der Waals surface area contributed by atoms with Gasteiger partial charge < -0.3 is 20.1 Å². The molecule has 0 unspecified atom stereocenters. The number of alkyl halides is 5. The number of halogens is 5. The molecule has 0 aliphatic heterocycles. The van der Waals surface area contributed by atoms with Gasteiger partial charge in [0.15, 0.2) is 0 Å². The number of hydrogen-bond donors (Lipinski definition) is 2. The van der Waals surface area contributed by atoms with E-state index in [1.165, 1.54) is 36.5 Å². The van der Waals surface area contributed by atoms with Crippen molar-refractivity contribution in [1.82, 2.24) is 9.29 Å². The summed E-state index contributed by atoms with van der Waals surface area (Å²) in [6.07, 6.45) is -3.38. The average Bonchev–Trinajstić information content (AvgIpc) is 3.18. The maximum atomic E-state index is 13.6. The molecule has 0 amide bonds. The van der Waals surface area contributed by atoms with E-state index < -0.39 is 23.0 Å². The smallest absolute Gasteiger partial charge is 0.435 e. The lowest BCUT2D eigenvalue weighted by Gasteiger charge is -2.14. The van der Waals surface area contributed by atoms with Gasteiger partial charge in [-0.2, -0.15) is 8.78 Å². The molecule has 0 radical (unpaired) electrons. The first-order valence-corrected chi connectivity index (χ1v) is 12.5. The predicted molar refractivity (Wildman–Crippen MR) is 132 cm³/mol. The highest BCUT2D eigenvalue weighted by atomic mass is 32.2. The van der Waals surface area contributed by atoms with Gasteiger partial charge in [0.05, 0.1) is 10.4 Å². The summed E-state index contributed by atoms with van der Waals surface area (Å²) in [5.74, 6) is -0.672. The normalized spacial score (nSPS) is 12.2. The molecule has 4 aromatic rings. The van der Waals surface area contributed by atoms with E-state index in [9.17, 15) is 30.4 Å². The molecule has 0 saturated heterocycles. The number of aryl methyl sites for hydroxylation is 1. The second kappa shape index (κ2) is 10.5. The zero-order chi connectivity index (χ0) is 27.7. The van der Waals surface area contributed by atoms with Crippen molar-refractivity contribution in [2.75, 3.05) is 12.4 Å². The monoisotopic (exact) mass is 555 g/mol. The van der Waals surface area contributed by atoms with Gasteiger partial charge in [-0.3, -0.25) is 0 Å². The molecular formula is C25H22F5N3O4S. The molecule has 0 aliphatic carbocycles. The number of ether oxygens (including phenoxy) is 2. The minimum Gasteiger partial charge on any atom is -0.435 e. The van der Waals surface area contributed by atoms with Gasteiger partial charge in [0, 0.05) is 35.6 Å². The van der Waals surface area contributed by atoms with Gasteiger partial charge in [-0.05, 0) is 67.6 Å². The van der Waals surface area contributed by atoms with Gasteiger partial charge in [0.1, 0.15) is 11.5 Å². The number of anilines is 2. The van der Waals surface area contributed by atoms with Crippen molar-refractivity contribution in [3.63, 3.8) is 0 Å². The van der Waals surface area contributed by atoms with E-state index in [1.54, 1.807) is 32.2 Å². The van der Waals surface area contributed by atoms with E-state index in [0.29, 0.717) is 39.9 Å². The molecule has 0 saturated carbocycles. The first-order chi connectivity index (χ1) is 17.9. The van der Waals surface area contributed by atoms with Gasteiger partial charge >= 0.3 is 13.0 Å². The summed E-state index contributed by atoms with van der Waals surface area (Å²) in [4.78, 5) is -0.252. The highest BCUT2D eigenvalue weighted by Crippen LogP contribution is 2.33. The van der Waals surface area contributed by atoms with Crippen LogP contribution in [0.3, 0.4) is 0 Å². The highest BCUT2D eigenvalue weighted by Gasteiger charge is 2.31. The van der Waals surface area contributed by atoms with Gasteiger partial charge in [-0.25, -0.2) is 12.4 Å². The molecule has 0 spiro atoms. The third kappa shape index (κ3) is 6.00. The fourth-order valence-electron chi connectivity index (χ4n) is 3.93. The minimum absolute atomic E-state index is 0.252. The Hall–Kier alpha value is -3.84. The third-order valence-electron chi connectivity index (χ3n) is 5.52. The van der Waals surface area contributed by atoms with Crippen LogP contribution in [0.1, 0.15) is 11.1 Å². The summed E-state index contributed by atoms with van der Waals surface area (Å²) in [7, 11) is -2.53. The van der Waals surface area contributed by atoms with E-state index in [-0.39, 0.29) is 16.4 Å². The summed E-state index contributed by atoms with van der Waals surface area (Å²) in [5.41, 5.74) is 2.37. The SMILES string of the molecule is CNCc1cn(S(=O)(=O)c2cccc(OC(F)F)c2)c2cc(Nc3ccc(OC(F)(F)F)cc3C)ccc12. The zero-order valence-corrected chi connectivity index (χ0v) is 20.8. The number of benzene rings is 3. The summed E-state index contributed by atoms with van der Waals surface area (Å²) < 4.78 is 99.4. The van der Waals surface area contributed by atoms with Crippen LogP contribution in [0.25, 0.3) is 10.9 Å². The maximum absolute atomic E-state index is 13.6. The first kappa shape index (κ1) is 27.2. The fraction of sp³-hybridized carbons (Fsp3) is 0.200. The van der Waals surface area contributed by atoms with Crippen molar-refractivity contribution in [2.24, 2.45) is 0 Å². The van der Waals surface area contributed by atoms with Crippen molar-refractivity contribution in [3.8, 4) is 11.5 Å². The van der Waals surface area contributed by atoms with Crippen molar-refractivity contribution in [2.45, 2.75) is 31.3 Å². The largest absolute Gasteiger partial charge is 0.573 e. The Morgan fingerprint density at radius 2 is 1.76 bits per heavy atom. The van der Waals surface area contributed by atoms with Gasteiger partial charge in [0.2, 0.25) is 0 Å². The summed E-state index contributed by atoms with van der Waals surface area (Å²) in [5, 5.41) is 6.68. The molecule has 1 heterocycles. The van der Waals surface area contributed by atoms with Crippen molar-refractivity contribution >= 4 is 32.3 Å². The molecule has 3 aromatic carbocycles. The van der Waals surface area contributed by atoms with E-state index in [0.717, 1.165) is 16.1 Å². The van der Waals surface area contributed by atoms with Crippen molar-refractivity contribution in [3.05, 3.63) is 78.0 Å². The topological polar surface area (TPSA) is 81.6 Å². The van der Waals surface area contributed by atoms with E-state index in [1.807, 2.05) is 0 Å². The van der Waals surface area contributed by atoms with Crippen LogP contribution in [0.2, 0.25) is 0 Å². The van der Waals surface area contributed by atoms with Crippen LogP contribution in [0.4, 0.5) is 33.3 Å². The molecule has 0 fully saturated rings. The molecule has 202 valence electrons. The molecule has 2 N–H and O–H groups in total. The van der Waals surface area contributed by atoms with Crippen LogP contribution in [-0.2, 0) is 16.6 Å². The number of nitrogens with zero attached hydrogens (tertiary/aromatic N) is 1. The van der Waals surface area contributed by atoms with E-state index in [2.05, 4.69) is 20.1 Å². The molecule has 4 rings (SSSR count). The lowest BCUT2D eigenvalue weighted by atomic mass is 10.1. The second-order valence-electron chi connectivity index (χ2n) is 8.22. The molecule has 38 heavy (non-hydrogen) atoms. The maximum Gasteiger partial charge on any atom is 0.573 e. The molecular weight excluding hydrogens is 533 g/mol. The third-order valence-corrected chi connectivity index (χ3v) is 7.19. The Labute approximate surface area is 214 Å². The van der Waals surface area contributed by atoms with Crippen LogP contribution in [-0.4, -0.2) is 32.4 Å². The Kier molecular flexibility index (Phi) is 7.51. The molecule has 13 heteroatoms. The van der Waals surface area contributed by atoms with Gasteiger partial charge in [0.25, 0.3) is 10.0 Å². The number of aromatic nitrogens is 1. The van der Waals surface area contributed by atoms with Crippen LogP contribution < -0.4 is 20.1 Å². The summed E-state index contributed by atoms with van der Waals surface area (Å²) >= 11 is 0. The lowest BCUT2D eigenvalue weighted by Crippen LogP contribution is -2.17. The van der Waals surface area contributed by atoms with Crippen LogP contribution in [0.5, 0.6) is 11.5 Å². The molecule has 0 atom stereocenters. The average molecular weight is 556 g/mol. The number of hydrogen-bond acceptors (Lipinski definition) is 6. The molecule has 0 aliphatic rings. The van der Waals surface area contributed by atoms with Crippen molar-refractivity contribution in [1.29, 1.82) is 0 Å². The van der Waals surface area contributed by atoms with Crippen LogP contribution in [0.15, 0.2) is 71.8 Å². The van der Waals surface area contributed by atoms with Gasteiger partial charge in [-0.15, -0.1) is 13.2 Å². The summed E-state index contributed by atoms with van der Waals surface area (Å²) in [6.45, 7) is -1.18. The Morgan fingerprint density at radius 3 is 2.42 bits per heavy atom. The Bertz CT molecular complexity index is 1570. The predicted octanol–water partition coefficient (Wildman–Crippen LogP) is 6.15. The number of fused-ring (bicyclic) bond motifs is 1. The molecule has 7 nitrogen and oxygen atoms in total. The standard InChI is InChI=1S/C25H22F5N3O4S/c1-15-10-19(37-25(28,29)30)7-9-22(15)32-17-6-8-21-16(13-31-2)14-33(23(21)11-17)38(34,35)20-5-3-4-18(12-20)36-24(26)27/h3-12,14,24,31-32H,13H2,1-2H3. The molecule has 0 bridgehead atoms. The quantitative estimate of drug-likeness (QED) is 0.241. The number of nitrogens with one attached hydrogen (secondary N) is 2.